The number of aromatic nitrogens is 1. The molecule has 1 aromatic heterocycles. The van der Waals surface area contributed by atoms with E-state index in [-0.39, 0.29) is 12.0 Å². The van der Waals surface area contributed by atoms with Gasteiger partial charge in [-0.15, -0.1) is 0 Å². The second kappa shape index (κ2) is 7.09. The van der Waals surface area contributed by atoms with Crippen LogP contribution >= 0.6 is 0 Å². The first-order chi connectivity index (χ1) is 13.7. The van der Waals surface area contributed by atoms with E-state index in [1.165, 1.54) is 12.0 Å². The lowest BCUT2D eigenvalue weighted by molar-refractivity contribution is -0.139. The predicted octanol–water partition coefficient (Wildman–Crippen LogP) is 2.79. The van der Waals surface area contributed by atoms with Crippen molar-refractivity contribution in [2.45, 2.75) is 44.5 Å². The number of carbonyl (C=O) groups is 1. The van der Waals surface area contributed by atoms with Gasteiger partial charge in [0.1, 0.15) is 6.61 Å². The van der Waals surface area contributed by atoms with Gasteiger partial charge >= 0.3 is 0 Å². The van der Waals surface area contributed by atoms with Crippen molar-refractivity contribution < 1.29 is 14.3 Å². The third-order valence-corrected chi connectivity index (χ3v) is 6.16. The monoisotopic (exact) mass is 379 g/mol. The zero-order valence-electron chi connectivity index (χ0n) is 16.1. The largest absolute Gasteiger partial charge is 0.484 e. The van der Waals surface area contributed by atoms with Crippen LogP contribution in [-0.4, -0.2) is 52.5 Å². The number of rotatable bonds is 3. The third-order valence-electron chi connectivity index (χ3n) is 6.16. The molecule has 6 heteroatoms. The highest BCUT2D eigenvalue weighted by atomic mass is 16.6. The van der Waals surface area contributed by atoms with Gasteiger partial charge in [0, 0.05) is 44.8 Å². The molecule has 6 rings (SSSR count). The Morgan fingerprint density at radius 1 is 1.14 bits per heavy atom. The van der Waals surface area contributed by atoms with E-state index < -0.39 is 0 Å². The number of nitrogens with zero attached hydrogens (tertiary/aromatic N) is 3. The number of carbonyl (C=O) groups excluding carboxylic acids is 1. The fraction of sp³-hybridized carbons (Fsp3) is 0.455. The van der Waals surface area contributed by atoms with E-state index >= 15 is 0 Å². The molecule has 1 amide bonds. The lowest BCUT2D eigenvalue weighted by Gasteiger charge is -2.51. The first-order valence-corrected chi connectivity index (χ1v) is 10.0. The second-order valence-electron chi connectivity index (χ2n) is 7.95. The molecule has 0 spiro atoms. The van der Waals surface area contributed by atoms with Gasteiger partial charge in [0.05, 0.1) is 0 Å². The fourth-order valence-corrected chi connectivity index (χ4v) is 4.64. The van der Waals surface area contributed by atoms with Gasteiger partial charge in [0.2, 0.25) is 5.91 Å². The molecule has 3 fully saturated rings. The van der Waals surface area contributed by atoms with E-state index in [0.29, 0.717) is 30.3 Å². The van der Waals surface area contributed by atoms with E-state index in [1.807, 2.05) is 12.1 Å². The number of amides is 1. The highest BCUT2D eigenvalue weighted by Gasteiger charge is 2.39. The van der Waals surface area contributed by atoms with Crippen molar-refractivity contribution in [2.24, 2.45) is 0 Å². The number of fused-ring (bicyclic) bond motifs is 4. The standard InChI is InChI=1S/C22H25N3O3/c1-15(26)25-13-18-8-9-19(25)12-24(18)11-16-4-6-17(7-5-16)21-14-27-20-3-2-10-23-22(20)28-21/h2-7,10,18-19,21H,8-9,11-14H2,1H3. The molecule has 3 saturated heterocycles. The highest BCUT2D eigenvalue weighted by molar-refractivity contribution is 5.74. The van der Waals surface area contributed by atoms with Crippen molar-refractivity contribution >= 4 is 5.91 Å². The lowest BCUT2D eigenvalue weighted by atomic mass is 9.90. The minimum Gasteiger partial charge on any atom is -0.484 e. The van der Waals surface area contributed by atoms with Crippen LogP contribution < -0.4 is 9.47 Å². The van der Waals surface area contributed by atoms with Crippen molar-refractivity contribution in [3.8, 4) is 11.6 Å². The van der Waals surface area contributed by atoms with Crippen molar-refractivity contribution in [3.05, 3.63) is 53.7 Å². The number of ether oxygens (including phenoxy) is 2. The summed E-state index contributed by atoms with van der Waals surface area (Å²) in [7, 11) is 0. The van der Waals surface area contributed by atoms with E-state index in [1.54, 1.807) is 13.1 Å². The SMILES string of the molecule is CC(=O)N1CC2CCC1CN2Cc1ccc(C2COc3cccnc3O2)cc1. The molecule has 2 aromatic rings. The normalized spacial score (nSPS) is 26.3. The fourth-order valence-electron chi connectivity index (χ4n) is 4.64. The molecule has 3 unspecified atom stereocenters. The number of hydrogen-bond donors (Lipinski definition) is 0. The molecule has 28 heavy (non-hydrogen) atoms. The van der Waals surface area contributed by atoms with Crippen molar-refractivity contribution in [1.29, 1.82) is 0 Å². The average molecular weight is 379 g/mol. The van der Waals surface area contributed by atoms with Crippen LogP contribution in [0.4, 0.5) is 0 Å². The van der Waals surface area contributed by atoms with E-state index in [2.05, 4.69) is 39.0 Å². The van der Waals surface area contributed by atoms with Gasteiger partial charge in [0.15, 0.2) is 11.9 Å². The van der Waals surface area contributed by atoms with E-state index in [9.17, 15) is 4.79 Å². The molecule has 0 saturated carbocycles. The molecule has 0 radical (unpaired) electrons. The Balaban J connectivity index is 1.24. The van der Waals surface area contributed by atoms with Crippen molar-refractivity contribution in [3.63, 3.8) is 0 Å². The molecule has 0 aliphatic carbocycles. The summed E-state index contributed by atoms with van der Waals surface area (Å²) in [6.07, 6.45) is 3.90. The molecule has 5 heterocycles. The van der Waals surface area contributed by atoms with Crippen LogP contribution in [0.5, 0.6) is 11.6 Å². The van der Waals surface area contributed by atoms with Crippen LogP contribution in [0.25, 0.3) is 0 Å². The number of hydrogen-bond acceptors (Lipinski definition) is 5. The van der Waals surface area contributed by atoms with Crippen LogP contribution in [0.3, 0.4) is 0 Å². The Labute approximate surface area is 165 Å². The van der Waals surface area contributed by atoms with Crippen LogP contribution in [0.15, 0.2) is 42.6 Å². The van der Waals surface area contributed by atoms with Crippen molar-refractivity contribution in [2.75, 3.05) is 19.7 Å². The van der Waals surface area contributed by atoms with Gasteiger partial charge in [-0.3, -0.25) is 9.69 Å². The molecule has 1 aromatic carbocycles. The van der Waals surface area contributed by atoms with Gasteiger partial charge in [-0.1, -0.05) is 24.3 Å². The molecule has 2 bridgehead atoms. The first-order valence-electron chi connectivity index (χ1n) is 10.0. The molecule has 4 aliphatic heterocycles. The summed E-state index contributed by atoms with van der Waals surface area (Å²) >= 11 is 0. The predicted molar refractivity (Wildman–Crippen MR) is 104 cm³/mol. The number of piperidine rings is 2. The number of benzene rings is 1. The number of piperazine rings is 1. The molecule has 0 N–H and O–H groups in total. The maximum absolute atomic E-state index is 11.8. The minimum atomic E-state index is -0.133. The third kappa shape index (κ3) is 3.22. The molecular weight excluding hydrogens is 354 g/mol. The summed E-state index contributed by atoms with van der Waals surface area (Å²) in [4.78, 5) is 20.6. The summed E-state index contributed by atoms with van der Waals surface area (Å²) in [5, 5.41) is 0. The minimum absolute atomic E-state index is 0.133. The van der Waals surface area contributed by atoms with E-state index in [0.717, 1.165) is 31.6 Å². The Kier molecular flexibility index (Phi) is 4.43. The second-order valence-corrected chi connectivity index (χ2v) is 7.95. The molecule has 146 valence electrons. The molecular formula is C22H25N3O3. The Morgan fingerprint density at radius 3 is 2.71 bits per heavy atom. The first kappa shape index (κ1) is 17.5. The van der Waals surface area contributed by atoms with Crippen LogP contribution in [0.1, 0.15) is 37.0 Å². The number of pyridine rings is 1. The molecule has 6 nitrogen and oxygen atoms in total. The van der Waals surface area contributed by atoms with Crippen LogP contribution in [0.2, 0.25) is 0 Å². The van der Waals surface area contributed by atoms with Crippen molar-refractivity contribution in [1.82, 2.24) is 14.8 Å². The average Bonchev–Trinajstić information content (AvgIpc) is 2.74. The quantitative estimate of drug-likeness (QED) is 0.821. The summed E-state index contributed by atoms with van der Waals surface area (Å²) in [5.74, 6) is 1.47. The van der Waals surface area contributed by atoms with Gasteiger partial charge in [-0.05, 0) is 36.1 Å². The maximum Gasteiger partial charge on any atom is 0.257 e. The van der Waals surface area contributed by atoms with Gasteiger partial charge in [-0.25, -0.2) is 4.98 Å². The van der Waals surface area contributed by atoms with E-state index in [4.69, 9.17) is 9.47 Å². The van der Waals surface area contributed by atoms with Crippen LogP contribution in [0, 0.1) is 0 Å². The lowest BCUT2D eigenvalue weighted by Crippen LogP contribution is -2.63. The topological polar surface area (TPSA) is 54.9 Å². The summed E-state index contributed by atoms with van der Waals surface area (Å²) in [6.45, 7) is 4.97. The smallest absolute Gasteiger partial charge is 0.257 e. The zero-order valence-corrected chi connectivity index (χ0v) is 16.1. The Morgan fingerprint density at radius 2 is 1.96 bits per heavy atom. The zero-order chi connectivity index (χ0) is 19.1. The van der Waals surface area contributed by atoms with Gasteiger partial charge < -0.3 is 14.4 Å². The Hall–Kier alpha value is -2.60. The Bertz CT molecular complexity index is 870. The molecule has 3 atom stereocenters. The molecule has 4 aliphatic rings. The summed E-state index contributed by atoms with van der Waals surface area (Å²) in [6, 6.07) is 13.2. The summed E-state index contributed by atoms with van der Waals surface area (Å²) in [5.41, 5.74) is 2.39. The van der Waals surface area contributed by atoms with Gasteiger partial charge in [-0.2, -0.15) is 0 Å². The highest BCUT2D eigenvalue weighted by Crippen LogP contribution is 2.34. The van der Waals surface area contributed by atoms with Crippen LogP contribution in [-0.2, 0) is 11.3 Å². The maximum atomic E-state index is 11.8. The van der Waals surface area contributed by atoms with Gasteiger partial charge in [0.25, 0.3) is 5.88 Å². The summed E-state index contributed by atoms with van der Waals surface area (Å²) < 4.78 is 11.8.